The zero-order chi connectivity index (χ0) is 23.4. The number of nitriles is 1. The maximum atomic E-state index is 9.31. The van der Waals surface area contributed by atoms with Crippen molar-refractivity contribution in [3.63, 3.8) is 0 Å². The van der Waals surface area contributed by atoms with Gasteiger partial charge < -0.3 is 15.1 Å². The minimum absolute atomic E-state index is 0.160. The largest absolute Gasteiger partial charge is 0.371 e. The number of hydrogen-bond acceptors (Lipinski definition) is 6. The summed E-state index contributed by atoms with van der Waals surface area (Å²) in [6.45, 7) is 8.93. The van der Waals surface area contributed by atoms with E-state index in [1.807, 2.05) is 17.9 Å². The number of hydrogen-bond donors (Lipinski definition) is 1. The van der Waals surface area contributed by atoms with E-state index in [2.05, 4.69) is 77.5 Å². The SMILES string of the molecule is CNCCN(C)Cc1cccc(-c2cc(N3CCC(C#N)CC3)c3cnn(C(C)C)c3n2)c1. The summed E-state index contributed by atoms with van der Waals surface area (Å²) in [4.78, 5) is 9.81. The third-order valence-corrected chi connectivity index (χ3v) is 6.47. The van der Waals surface area contributed by atoms with Gasteiger partial charge in [-0.3, -0.25) is 0 Å². The maximum Gasteiger partial charge on any atom is 0.160 e. The Morgan fingerprint density at radius 3 is 2.73 bits per heavy atom. The first-order chi connectivity index (χ1) is 16.0. The quantitative estimate of drug-likeness (QED) is 0.563. The van der Waals surface area contributed by atoms with Crippen LogP contribution < -0.4 is 10.2 Å². The molecule has 1 saturated heterocycles. The number of piperidine rings is 1. The molecule has 0 aliphatic carbocycles. The Balaban J connectivity index is 1.71. The Morgan fingerprint density at radius 2 is 2.03 bits per heavy atom. The molecule has 4 rings (SSSR count). The molecule has 1 aliphatic heterocycles. The Hall–Kier alpha value is -2.95. The zero-order valence-electron chi connectivity index (χ0n) is 20.3. The summed E-state index contributed by atoms with van der Waals surface area (Å²) in [5.41, 5.74) is 5.48. The maximum absolute atomic E-state index is 9.31. The molecule has 0 radical (unpaired) electrons. The number of benzene rings is 1. The van der Waals surface area contributed by atoms with Gasteiger partial charge in [0.25, 0.3) is 0 Å². The molecule has 0 atom stereocenters. The van der Waals surface area contributed by atoms with E-state index >= 15 is 0 Å². The molecular formula is C26H35N7. The second-order valence-corrected chi connectivity index (χ2v) is 9.38. The van der Waals surface area contributed by atoms with Crippen molar-refractivity contribution < 1.29 is 0 Å². The van der Waals surface area contributed by atoms with Gasteiger partial charge in [0.15, 0.2) is 5.65 Å². The molecule has 3 aromatic rings. The van der Waals surface area contributed by atoms with Gasteiger partial charge in [-0.05, 0) is 58.5 Å². The Labute approximate surface area is 197 Å². The fraction of sp³-hybridized carbons (Fsp3) is 0.500. The van der Waals surface area contributed by atoms with Gasteiger partial charge in [0.2, 0.25) is 0 Å². The van der Waals surface area contributed by atoms with Gasteiger partial charge in [-0.2, -0.15) is 10.4 Å². The van der Waals surface area contributed by atoms with E-state index in [9.17, 15) is 5.26 Å². The molecule has 0 unspecified atom stereocenters. The molecule has 1 aromatic carbocycles. The highest BCUT2D eigenvalue weighted by Gasteiger charge is 2.23. The van der Waals surface area contributed by atoms with E-state index in [1.54, 1.807) is 0 Å². The molecule has 0 spiro atoms. The van der Waals surface area contributed by atoms with Gasteiger partial charge in [0.1, 0.15) is 0 Å². The molecule has 174 valence electrons. The molecule has 1 N–H and O–H groups in total. The molecule has 1 aliphatic rings. The lowest BCUT2D eigenvalue weighted by Gasteiger charge is -2.31. The van der Waals surface area contributed by atoms with Crippen LogP contribution in [0.15, 0.2) is 36.5 Å². The Morgan fingerprint density at radius 1 is 1.24 bits per heavy atom. The molecule has 0 bridgehead atoms. The minimum Gasteiger partial charge on any atom is -0.371 e. The van der Waals surface area contributed by atoms with Crippen molar-refractivity contribution in [3.8, 4) is 17.3 Å². The van der Waals surface area contributed by atoms with Crippen molar-refractivity contribution in [1.29, 1.82) is 5.26 Å². The second kappa shape index (κ2) is 10.3. The van der Waals surface area contributed by atoms with Crippen LogP contribution >= 0.6 is 0 Å². The molecule has 33 heavy (non-hydrogen) atoms. The second-order valence-electron chi connectivity index (χ2n) is 9.38. The lowest BCUT2D eigenvalue weighted by atomic mass is 9.97. The summed E-state index contributed by atoms with van der Waals surface area (Å²) < 4.78 is 2.01. The zero-order valence-corrected chi connectivity index (χ0v) is 20.3. The van der Waals surface area contributed by atoms with Crippen LogP contribution in [-0.2, 0) is 6.54 Å². The predicted octanol–water partition coefficient (Wildman–Crippen LogP) is 4.07. The third kappa shape index (κ3) is 5.18. The van der Waals surface area contributed by atoms with E-state index in [0.717, 1.165) is 67.9 Å². The summed E-state index contributed by atoms with van der Waals surface area (Å²) >= 11 is 0. The minimum atomic E-state index is 0.160. The summed E-state index contributed by atoms with van der Waals surface area (Å²) in [5.74, 6) is 0.160. The molecule has 7 heteroatoms. The number of nitrogens with one attached hydrogen (secondary N) is 1. The normalized spacial score (nSPS) is 15.0. The molecule has 7 nitrogen and oxygen atoms in total. The van der Waals surface area contributed by atoms with Crippen LogP contribution in [0.3, 0.4) is 0 Å². The van der Waals surface area contributed by atoms with E-state index < -0.39 is 0 Å². The van der Waals surface area contributed by atoms with Crippen molar-refractivity contribution in [3.05, 3.63) is 42.1 Å². The summed E-state index contributed by atoms with van der Waals surface area (Å²) in [6, 6.07) is 13.6. The van der Waals surface area contributed by atoms with Crippen LogP contribution in [-0.4, -0.2) is 59.9 Å². The molecule has 2 aromatic heterocycles. The molecule has 3 heterocycles. The van der Waals surface area contributed by atoms with Crippen LogP contribution in [0.2, 0.25) is 0 Å². The van der Waals surface area contributed by atoms with Gasteiger partial charge in [0, 0.05) is 50.2 Å². The Bertz CT molecular complexity index is 1120. The highest BCUT2D eigenvalue weighted by Crippen LogP contribution is 2.34. The number of fused-ring (bicyclic) bond motifs is 1. The number of pyridine rings is 1. The van der Waals surface area contributed by atoms with Gasteiger partial charge in [-0.15, -0.1) is 0 Å². The lowest BCUT2D eigenvalue weighted by Crippen LogP contribution is -2.33. The third-order valence-electron chi connectivity index (χ3n) is 6.47. The Kier molecular flexibility index (Phi) is 7.26. The van der Waals surface area contributed by atoms with Crippen molar-refractivity contribution in [1.82, 2.24) is 25.0 Å². The first-order valence-corrected chi connectivity index (χ1v) is 12.0. The molecule has 1 fully saturated rings. The number of nitrogens with zero attached hydrogens (tertiary/aromatic N) is 6. The van der Waals surface area contributed by atoms with E-state index in [4.69, 9.17) is 4.98 Å². The number of likely N-dealkylation sites (N-methyl/N-ethyl adjacent to an activating group) is 2. The van der Waals surface area contributed by atoms with Gasteiger partial charge in [0.05, 0.1) is 29.0 Å². The first kappa shape index (κ1) is 23.2. The fourth-order valence-electron chi connectivity index (χ4n) is 4.56. The van der Waals surface area contributed by atoms with Crippen molar-refractivity contribution >= 4 is 16.7 Å². The van der Waals surface area contributed by atoms with Gasteiger partial charge in [-0.1, -0.05) is 18.2 Å². The average Bonchev–Trinajstić information content (AvgIpc) is 3.27. The number of aromatic nitrogens is 3. The summed E-state index contributed by atoms with van der Waals surface area (Å²) in [6.07, 6.45) is 3.76. The van der Waals surface area contributed by atoms with Crippen LogP contribution in [0.25, 0.3) is 22.3 Å². The highest BCUT2D eigenvalue weighted by atomic mass is 15.3. The smallest absolute Gasteiger partial charge is 0.160 e. The van der Waals surface area contributed by atoms with Crippen molar-refractivity contribution in [2.24, 2.45) is 5.92 Å². The molecule has 0 saturated carbocycles. The fourth-order valence-corrected chi connectivity index (χ4v) is 4.56. The summed E-state index contributed by atoms with van der Waals surface area (Å²) in [5, 5.41) is 18.3. The van der Waals surface area contributed by atoms with E-state index in [1.165, 1.54) is 11.3 Å². The van der Waals surface area contributed by atoms with Crippen LogP contribution in [0, 0.1) is 17.2 Å². The predicted molar refractivity (Wildman–Crippen MR) is 134 cm³/mol. The topological polar surface area (TPSA) is 73.0 Å². The van der Waals surface area contributed by atoms with Gasteiger partial charge >= 0.3 is 0 Å². The first-order valence-electron chi connectivity index (χ1n) is 12.0. The summed E-state index contributed by atoms with van der Waals surface area (Å²) in [7, 11) is 4.14. The van der Waals surface area contributed by atoms with Crippen LogP contribution in [0.4, 0.5) is 5.69 Å². The van der Waals surface area contributed by atoms with E-state index in [-0.39, 0.29) is 12.0 Å². The average molecular weight is 446 g/mol. The molecule has 0 amide bonds. The van der Waals surface area contributed by atoms with E-state index in [0.29, 0.717) is 0 Å². The standard InChI is InChI=1S/C26H35N7/c1-19(2)33-26-23(17-29-33)25(32-11-8-20(16-27)9-12-32)15-24(30-26)22-7-5-6-21(14-22)18-31(4)13-10-28-3/h5-7,14-15,17,19-20,28H,8-13,18H2,1-4H3. The lowest BCUT2D eigenvalue weighted by molar-refractivity contribution is 0.328. The van der Waals surface area contributed by atoms with Crippen molar-refractivity contribution in [2.45, 2.75) is 39.3 Å². The van der Waals surface area contributed by atoms with Crippen LogP contribution in [0.5, 0.6) is 0 Å². The van der Waals surface area contributed by atoms with Gasteiger partial charge in [-0.25, -0.2) is 9.67 Å². The molecular weight excluding hydrogens is 410 g/mol. The monoisotopic (exact) mass is 445 g/mol. The number of rotatable bonds is 8. The highest BCUT2D eigenvalue weighted by molar-refractivity contribution is 5.92. The van der Waals surface area contributed by atoms with Crippen molar-refractivity contribution in [2.75, 3.05) is 45.2 Å². The number of anilines is 1. The van der Waals surface area contributed by atoms with Crippen LogP contribution in [0.1, 0.15) is 38.3 Å².